The summed E-state index contributed by atoms with van der Waals surface area (Å²) in [6.45, 7) is 4.30. The van der Waals surface area contributed by atoms with E-state index in [-0.39, 0.29) is 0 Å². The zero-order chi connectivity index (χ0) is 13.7. The van der Waals surface area contributed by atoms with Gasteiger partial charge in [0.2, 0.25) is 0 Å². The number of hydrogen-bond donors (Lipinski definition) is 1. The monoisotopic (exact) mass is 273 g/mol. The maximum absolute atomic E-state index is 4.23. The van der Waals surface area contributed by atoms with Crippen molar-refractivity contribution >= 4 is 11.8 Å². The Kier molecular flexibility index (Phi) is 4.93. The van der Waals surface area contributed by atoms with Crippen LogP contribution in [-0.4, -0.2) is 22.8 Å². The lowest BCUT2D eigenvalue weighted by molar-refractivity contribution is 0.660. The molecule has 0 amide bonds. The van der Waals surface area contributed by atoms with Gasteiger partial charge in [0.15, 0.2) is 0 Å². The molecule has 1 unspecified atom stereocenters. The summed E-state index contributed by atoms with van der Waals surface area (Å²) in [5.74, 6) is 0.954. The van der Waals surface area contributed by atoms with Gasteiger partial charge in [-0.1, -0.05) is 18.2 Å². The molecule has 100 valence electrons. The van der Waals surface area contributed by atoms with Crippen molar-refractivity contribution in [3.63, 3.8) is 0 Å². The van der Waals surface area contributed by atoms with Gasteiger partial charge in [-0.3, -0.25) is 0 Å². The molecule has 0 fully saturated rings. The van der Waals surface area contributed by atoms with Crippen LogP contribution < -0.4 is 5.32 Å². The van der Waals surface area contributed by atoms with Gasteiger partial charge in [0, 0.05) is 18.0 Å². The summed E-state index contributed by atoms with van der Waals surface area (Å²) >= 11 is 1.74. The lowest BCUT2D eigenvalue weighted by Crippen LogP contribution is -2.19. The van der Waals surface area contributed by atoms with E-state index in [4.69, 9.17) is 0 Å². The molecular weight excluding hydrogens is 254 g/mol. The largest absolute Gasteiger partial charge is 0.312 e. The number of aromatic nitrogens is 2. The smallest absolute Gasteiger partial charge is 0.116 e. The Morgan fingerprint density at radius 1 is 1.21 bits per heavy atom. The van der Waals surface area contributed by atoms with Crippen LogP contribution in [0.4, 0.5) is 0 Å². The molecule has 4 heteroatoms. The lowest BCUT2D eigenvalue weighted by Gasteiger charge is -2.17. The van der Waals surface area contributed by atoms with Crippen LogP contribution in [0.1, 0.15) is 22.7 Å². The van der Waals surface area contributed by atoms with Gasteiger partial charge in [0.1, 0.15) is 6.33 Å². The number of aryl methyl sites for hydroxylation is 2. The van der Waals surface area contributed by atoms with Crippen molar-refractivity contribution in [3.05, 3.63) is 53.5 Å². The van der Waals surface area contributed by atoms with Gasteiger partial charge < -0.3 is 5.32 Å². The quantitative estimate of drug-likeness (QED) is 0.671. The van der Waals surface area contributed by atoms with Gasteiger partial charge in [0.05, 0.1) is 5.03 Å². The molecule has 19 heavy (non-hydrogen) atoms. The van der Waals surface area contributed by atoms with E-state index in [9.17, 15) is 0 Å². The van der Waals surface area contributed by atoms with Crippen molar-refractivity contribution in [2.45, 2.75) is 24.9 Å². The summed E-state index contributed by atoms with van der Waals surface area (Å²) in [5, 5.41) is 4.38. The second-order valence-corrected chi connectivity index (χ2v) is 5.58. The summed E-state index contributed by atoms with van der Waals surface area (Å²) in [4.78, 5) is 8.17. The molecule has 1 aromatic heterocycles. The maximum Gasteiger partial charge on any atom is 0.116 e. The standard InChI is InChI=1S/C15H19N3S/c1-11-4-5-13(8-12(11)2)14(16-3)9-19-15-6-7-17-10-18-15/h4-8,10,14,16H,9H2,1-3H3. The minimum atomic E-state index is 0.333. The summed E-state index contributed by atoms with van der Waals surface area (Å²) in [5.41, 5.74) is 4.00. The zero-order valence-corrected chi connectivity index (χ0v) is 12.4. The zero-order valence-electron chi connectivity index (χ0n) is 11.6. The molecule has 0 saturated heterocycles. The van der Waals surface area contributed by atoms with Crippen molar-refractivity contribution in [2.24, 2.45) is 0 Å². The molecule has 1 aromatic carbocycles. The molecule has 1 N–H and O–H groups in total. The Bertz CT molecular complexity index is 528. The van der Waals surface area contributed by atoms with Crippen LogP contribution in [0, 0.1) is 13.8 Å². The van der Waals surface area contributed by atoms with Crippen LogP contribution in [0.5, 0.6) is 0 Å². The second-order valence-electron chi connectivity index (χ2n) is 4.54. The van der Waals surface area contributed by atoms with Gasteiger partial charge in [0.25, 0.3) is 0 Å². The topological polar surface area (TPSA) is 37.8 Å². The van der Waals surface area contributed by atoms with Crippen molar-refractivity contribution in [2.75, 3.05) is 12.8 Å². The fraction of sp³-hybridized carbons (Fsp3) is 0.333. The predicted molar refractivity (Wildman–Crippen MR) is 80.5 cm³/mol. The third-order valence-corrected chi connectivity index (χ3v) is 4.27. The minimum absolute atomic E-state index is 0.333. The molecule has 0 aliphatic heterocycles. The molecule has 0 aliphatic rings. The summed E-state index contributed by atoms with van der Waals surface area (Å²) in [6.07, 6.45) is 3.37. The van der Waals surface area contributed by atoms with Crippen LogP contribution in [0.2, 0.25) is 0 Å². The van der Waals surface area contributed by atoms with Gasteiger partial charge >= 0.3 is 0 Å². The highest BCUT2D eigenvalue weighted by atomic mass is 32.2. The van der Waals surface area contributed by atoms with Crippen molar-refractivity contribution in [3.8, 4) is 0 Å². The molecule has 0 radical (unpaired) electrons. The molecule has 0 spiro atoms. The second kappa shape index (κ2) is 6.68. The van der Waals surface area contributed by atoms with Gasteiger partial charge in [-0.15, -0.1) is 11.8 Å². The highest BCUT2D eigenvalue weighted by molar-refractivity contribution is 7.99. The molecule has 3 nitrogen and oxygen atoms in total. The van der Waals surface area contributed by atoms with E-state index in [0.29, 0.717) is 6.04 Å². The summed E-state index contributed by atoms with van der Waals surface area (Å²) in [7, 11) is 2.00. The number of benzene rings is 1. The van der Waals surface area contributed by atoms with E-state index in [2.05, 4.69) is 47.3 Å². The summed E-state index contributed by atoms with van der Waals surface area (Å²) in [6, 6.07) is 8.92. The average molecular weight is 273 g/mol. The van der Waals surface area contributed by atoms with E-state index in [1.165, 1.54) is 16.7 Å². The van der Waals surface area contributed by atoms with Crippen molar-refractivity contribution in [1.29, 1.82) is 0 Å². The molecule has 0 bridgehead atoms. The van der Waals surface area contributed by atoms with E-state index >= 15 is 0 Å². The minimum Gasteiger partial charge on any atom is -0.312 e. The van der Waals surface area contributed by atoms with Crippen LogP contribution in [-0.2, 0) is 0 Å². The Balaban J connectivity index is 2.05. The van der Waals surface area contributed by atoms with Gasteiger partial charge in [-0.2, -0.15) is 0 Å². The van der Waals surface area contributed by atoms with Crippen molar-refractivity contribution in [1.82, 2.24) is 15.3 Å². The van der Waals surface area contributed by atoms with Crippen LogP contribution in [0.25, 0.3) is 0 Å². The Morgan fingerprint density at radius 2 is 2.05 bits per heavy atom. The normalized spacial score (nSPS) is 12.4. The third-order valence-electron chi connectivity index (χ3n) is 3.23. The third kappa shape index (κ3) is 3.78. The van der Waals surface area contributed by atoms with E-state index < -0.39 is 0 Å². The van der Waals surface area contributed by atoms with Crippen LogP contribution in [0.3, 0.4) is 0 Å². The first-order valence-corrected chi connectivity index (χ1v) is 7.32. The molecular formula is C15H19N3S. The molecule has 2 aromatic rings. The molecule has 1 atom stereocenters. The highest BCUT2D eigenvalue weighted by Crippen LogP contribution is 2.24. The number of nitrogens with one attached hydrogen (secondary N) is 1. The van der Waals surface area contributed by atoms with E-state index in [1.54, 1.807) is 24.3 Å². The molecule has 2 rings (SSSR count). The Hall–Kier alpha value is -1.39. The lowest BCUT2D eigenvalue weighted by atomic mass is 10.0. The Labute approximate surface area is 118 Å². The van der Waals surface area contributed by atoms with Crippen LogP contribution >= 0.6 is 11.8 Å². The SMILES string of the molecule is CNC(CSc1ccncn1)c1ccc(C)c(C)c1. The number of hydrogen-bond acceptors (Lipinski definition) is 4. The van der Waals surface area contributed by atoms with E-state index in [0.717, 1.165) is 10.8 Å². The van der Waals surface area contributed by atoms with Gasteiger partial charge in [-0.25, -0.2) is 9.97 Å². The molecule has 0 saturated carbocycles. The first-order chi connectivity index (χ1) is 9.20. The number of nitrogens with zero attached hydrogens (tertiary/aromatic N) is 2. The Morgan fingerprint density at radius 3 is 2.68 bits per heavy atom. The van der Waals surface area contributed by atoms with Crippen molar-refractivity contribution < 1.29 is 0 Å². The molecule has 1 heterocycles. The first kappa shape index (κ1) is 14.0. The molecule has 0 aliphatic carbocycles. The van der Waals surface area contributed by atoms with Gasteiger partial charge in [-0.05, 0) is 43.7 Å². The average Bonchev–Trinajstić information content (AvgIpc) is 2.44. The fourth-order valence-electron chi connectivity index (χ4n) is 1.86. The highest BCUT2D eigenvalue weighted by Gasteiger charge is 2.10. The fourth-order valence-corrected chi connectivity index (χ4v) is 2.84. The maximum atomic E-state index is 4.23. The summed E-state index contributed by atoms with van der Waals surface area (Å²) < 4.78 is 0. The first-order valence-electron chi connectivity index (χ1n) is 6.34. The predicted octanol–water partition coefficient (Wildman–Crippen LogP) is 3.15. The number of rotatable bonds is 5. The number of thioether (sulfide) groups is 1. The van der Waals surface area contributed by atoms with Crippen LogP contribution in [0.15, 0.2) is 41.8 Å². The van der Waals surface area contributed by atoms with E-state index in [1.807, 2.05) is 13.1 Å².